The van der Waals surface area contributed by atoms with E-state index < -0.39 is 0 Å². The molecule has 0 aliphatic heterocycles. The topological polar surface area (TPSA) is 64.7 Å². The number of nitrogens with zero attached hydrogens (tertiary/aromatic N) is 4. The van der Waals surface area contributed by atoms with Gasteiger partial charge in [0.1, 0.15) is 5.58 Å². The van der Waals surface area contributed by atoms with Crippen LogP contribution in [0.3, 0.4) is 0 Å². The lowest BCUT2D eigenvalue weighted by Gasteiger charge is -2.14. The molecular weight excluding hydrogens is 576 g/mol. The summed E-state index contributed by atoms with van der Waals surface area (Å²) >= 11 is 0. The van der Waals surface area contributed by atoms with Gasteiger partial charge in [-0.25, -0.2) is 15.0 Å². The van der Waals surface area contributed by atoms with Gasteiger partial charge in [-0.05, 0) is 50.5 Å². The van der Waals surface area contributed by atoms with Crippen molar-refractivity contribution in [3.8, 4) is 34.2 Å². The van der Waals surface area contributed by atoms with Crippen molar-refractivity contribution in [1.29, 1.82) is 0 Å². The lowest BCUT2D eigenvalue weighted by molar-refractivity contribution is 0.667. The monoisotopic (exact) mass is 600 g/mol. The van der Waals surface area contributed by atoms with Gasteiger partial charge in [-0.15, -0.1) is 0 Å². The molecule has 47 heavy (non-hydrogen) atoms. The quantitative estimate of drug-likeness (QED) is 0.189. The lowest BCUT2D eigenvalue weighted by atomic mass is 9.93. The average molecular weight is 601 g/mol. The Morgan fingerprint density at radius 2 is 1.06 bits per heavy atom. The first-order valence-corrected chi connectivity index (χ1v) is 15.6. The minimum Gasteiger partial charge on any atom is -0.454 e. The van der Waals surface area contributed by atoms with Crippen molar-refractivity contribution in [2.24, 2.45) is 0 Å². The second-order valence-electron chi connectivity index (χ2n) is 11.8. The summed E-state index contributed by atoms with van der Waals surface area (Å²) in [5, 5.41) is 10.2. The Balaban J connectivity index is 1.28. The molecule has 7 aromatic carbocycles. The SMILES string of the molecule is c1ccc(-c2nc(-c3cc4ccc5ccccc5c4c4ccccc34)nc(-c3cccc4c3ncc3oc5ccccc5c34)n2)cc1. The molecule has 3 heterocycles. The highest BCUT2D eigenvalue weighted by atomic mass is 16.3. The molecule has 0 N–H and O–H groups in total. The Bertz CT molecular complexity index is 2860. The van der Waals surface area contributed by atoms with Gasteiger partial charge in [0.2, 0.25) is 0 Å². The molecule has 0 aliphatic carbocycles. The highest BCUT2D eigenvalue weighted by Gasteiger charge is 2.19. The molecule has 0 unspecified atom stereocenters. The Morgan fingerprint density at radius 1 is 0.404 bits per heavy atom. The van der Waals surface area contributed by atoms with Crippen LogP contribution in [0.1, 0.15) is 0 Å². The van der Waals surface area contributed by atoms with E-state index in [4.69, 9.17) is 24.4 Å². The van der Waals surface area contributed by atoms with Crippen LogP contribution in [0.15, 0.2) is 150 Å². The van der Waals surface area contributed by atoms with Gasteiger partial charge in [-0.2, -0.15) is 0 Å². The number of pyridine rings is 1. The number of para-hydroxylation sites is 2. The molecule has 218 valence electrons. The van der Waals surface area contributed by atoms with Crippen molar-refractivity contribution in [2.45, 2.75) is 0 Å². The molecule has 0 aliphatic rings. The molecule has 0 saturated carbocycles. The lowest BCUT2D eigenvalue weighted by Crippen LogP contribution is -2.01. The number of rotatable bonds is 3. The molecule has 5 nitrogen and oxygen atoms in total. The third-order valence-corrected chi connectivity index (χ3v) is 9.14. The molecular formula is C42H24N4O. The van der Waals surface area contributed by atoms with E-state index in [1.165, 1.54) is 21.5 Å². The summed E-state index contributed by atoms with van der Waals surface area (Å²) in [6, 6.07) is 48.1. The molecule has 0 amide bonds. The van der Waals surface area contributed by atoms with Crippen LogP contribution in [0.5, 0.6) is 0 Å². The molecule has 0 bridgehead atoms. The number of benzene rings is 7. The Morgan fingerprint density at radius 3 is 1.94 bits per heavy atom. The van der Waals surface area contributed by atoms with Gasteiger partial charge in [0.05, 0.1) is 11.7 Å². The molecule has 5 heteroatoms. The summed E-state index contributed by atoms with van der Waals surface area (Å²) in [5.41, 5.74) is 5.13. The number of aromatic nitrogens is 4. The maximum atomic E-state index is 6.16. The van der Waals surface area contributed by atoms with Crippen molar-refractivity contribution in [2.75, 3.05) is 0 Å². The van der Waals surface area contributed by atoms with E-state index in [1.54, 1.807) is 0 Å². The molecule has 0 atom stereocenters. The first kappa shape index (κ1) is 25.8. The van der Waals surface area contributed by atoms with Crippen LogP contribution in [-0.2, 0) is 0 Å². The van der Waals surface area contributed by atoms with Crippen molar-refractivity contribution in [3.05, 3.63) is 146 Å². The number of fused-ring (bicyclic) bond motifs is 10. The maximum Gasteiger partial charge on any atom is 0.166 e. The molecule has 10 rings (SSSR count). The van der Waals surface area contributed by atoms with Gasteiger partial charge in [0.15, 0.2) is 23.1 Å². The maximum absolute atomic E-state index is 6.16. The van der Waals surface area contributed by atoms with Crippen LogP contribution in [-0.4, -0.2) is 19.9 Å². The number of furan rings is 1. The fourth-order valence-electron chi connectivity index (χ4n) is 7.02. The first-order chi connectivity index (χ1) is 23.3. The van der Waals surface area contributed by atoms with E-state index in [9.17, 15) is 0 Å². The van der Waals surface area contributed by atoms with Crippen molar-refractivity contribution in [1.82, 2.24) is 19.9 Å². The minimum absolute atomic E-state index is 0.571. The fourth-order valence-corrected chi connectivity index (χ4v) is 7.02. The Hall–Kier alpha value is -6.46. The van der Waals surface area contributed by atoms with Crippen LogP contribution < -0.4 is 0 Å². The predicted octanol–water partition coefficient (Wildman–Crippen LogP) is 10.8. The molecule has 0 spiro atoms. The normalized spacial score (nSPS) is 11.8. The number of hydrogen-bond acceptors (Lipinski definition) is 5. The summed E-state index contributed by atoms with van der Waals surface area (Å²) in [7, 11) is 0. The second kappa shape index (κ2) is 10.0. The largest absolute Gasteiger partial charge is 0.454 e. The third-order valence-electron chi connectivity index (χ3n) is 9.14. The first-order valence-electron chi connectivity index (χ1n) is 15.6. The zero-order chi connectivity index (χ0) is 30.9. The highest BCUT2D eigenvalue weighted by molar-refractivity contribution is 6.23. The van der Waals surface area contributed by atoms with E-state index >= 15 is 0 Å². The summed E-state index contributed by atoms with van der Waals surface area (Å²) in [5.74, 6) is 1.80. The van der Waals surface area contributed by atoms with Crippen LogP contribution >= 0.6 is 0 Å². The summed E-state index contributed by atoms with van der Waals surface area (Å²) in [6.45, 7) is 0. The Labute approximate surface area is 268 Å². The van der Waals surface area contributed by atoms with Crippen molar-refractivity contribution >= 4 is 65.2 Å². The van der Waals surface area contributed by atoms with Crippen molar-refractivity contribution < 1.29 is 4.42 Å². The van der Waals surface area contributed by atoms with Gasteiger partial charge in [-0.3, -0.25) is 4.98 Å². The number of hydrogen-bond donors (Lipinski definition) is 0. The van der Waals surface area contributed by atoms with Crippen LogP contribution in [0, 0.1) is 0 Å². The zero-order valence-corrected chi connectivity index (χ0v) is 25.1. The van der Waals surface area contributed by atoms with Crippen LogP contribution in [0.25, 0.3) is 99.3 Å². The van der Waals surface area contributed by atoms with Gasteiger partial charge < -0.3 is 4.42 Å². The standard InChI is InChI=1S/C42H24N4O/c1-2-12-26(13-3-1)40-44-41(33-19-10-18-32-38-31-17-8-9-20-35(31)47-36(38)24-43-39(32)33)46-42(45-40)34-23-27-22-21-25-11-4-5-14-28(25)37(27)30-16-7-6-15-29(30)34/h1-24H. The minimum atomic E-state index is 0.571. The van der Waals surface area contributed by atoms with Gasteiger partial charge in [0.25, 0.3) is 0 Å². The summed E-state index contributed by atoms with van der Waals surface area (Å²) in [6.07, 6.45) is 1.81. The predicted molar refractivity (Wildman–Crippen MR) is 191 cm³/mol. The zero-order valence-electron chi connectivity index (χ0n) is 25.1. The molecule has 10 aromatic rings. The molecule has 0 radical (unpaired) electrons. The van der Waals surface area contributed by atoms with Gasteiger partial charge in [-0.1, -0.05) is 121 Å². The smallest absolute Gasteiger partial charge is 0.166 e. The summed E-state index contributed by atoms with van der Waals surface area (Å²) < 4.78 is 6.16. The highest BCUT2D eigenvalue weighted by Crippen LogP contribution is 2.40. The molecule has 3 aromatic heterocycles. The van der Waals surface area contributed by atoms with Gasteiger partial charge in [0, 0.05) is 32.8 Å². The van der Waals surface area contributed by atoms with E-state index in [2.05, 4.69) is 78.9 Å². The van der Waals surface area contributed by atoms with Crippen LogP contribution in [0.2, 0.25) is 0 Å². The Kier molecular flexibility index (Phi) is 5.51. The van der Waals surface area contributed by atoms with Crippen LogP contribution in [0.4, 0.5) is 0 Å². The second-order valence-corrected chi connectivity index (χ2v) is 11.8. The fraction of sp³-hybridized carbons (Fsp3) is 0. The van der Waals surface area contributed by atoms with Gasteiger partial charge >= 0.3 is 0 Å². The van der Waals surface area contributed by atoms with E-state index in [1.807, 2.05) is 66.9 Å². The van der Waals surface area contributed by atoms with E-state index in [0.29, 0.717) is 17.5 Å². The third kappa shape index (κ3) is 3.97. The molecule has 0 saturated heterocycles. The van der Waals surface area contributed by atoms with E-state index in [-0.39, 0.29) is 0 Å². The average Bonchev–Trinajstić information content (AvgIpc) is 3.53. The summed E-state index contributed by atoms with van der Waals surface area (Å²) in [4.78, 5) is 20.3. The molecule has 0 fully saturated rings. The van der Waals surface area contributed by atoms with Crippen molar-refractivity contribution in [3.63, 3.8) is 0 Å². The van der Waals surface area contributed by atoms with E-state index in [0.717, 1.165) is 60.3 Å².